The Balaban J connectivity index is 2.17. The zero-order valence-corrected chi connectivity index (χ0v) is 23.1. The summed E-state index contributed by atoms with van der Waals surface area (Å²) in [5, 5.41) is 35.3. The number of guanidine groups is 1. The van der Waals surface area contributed by atoms with E-state index >= 15 is 0 Å². The molecule has 0 fully saturated rings. The van der Waals surface area contributed by atoms with Crippen LogP contribution in [-0.4, -0.2) is 92.6 Å². The number of aromatic amines is 1. The number of fused-ring (bicyclic) bond motifs is 1. The van der Waals surface area contributed by atoms with Crippen molar-refractivity contribution < 1.29 is 44.1 Å². The van der Waals surface area contributed by atoms with Crippen LogP contribution in [-0.2, 0) is 35.2 Å². The lowest BCUT2D eigenvalue weighted by molar-refractivity contribution is -0.144. The maximum atomic E-state index is 13.1. The van der Waals surface area contributed by atoms with Gasteiger partial charge in [0.1, 0.15) is 18.1 Å². The molecule has 0 aliphatic carbocycles. The summed E-state index contributed by atoms with van der Waals surface area (Å²) in [5.74, 6) is -7.28. The van der Waals surface area contributed by atoms with Gasteiger partial charge in [0.25, 0.3) is 0 Å². The number of aliphatic carboxylic acids is 3. The molecule has 1 aromatic carbocycles. The molecule has 0 saturated heterocycles. The number of amides is 3. The van der Waals surface area contributed by atoms with Gasteiger partial charge in [-0.1, -0.05) is 18.2 Å². The summed E-state index contributed by atoms with van der Waals surface area (Å²) in [6.45, 7) is 0.0430. The molecule has 0 aliphatic heterocycles. The smallest absolute Gasteiger partial charge is 0.326 e. The van der Waals surface area contributed by atoms with Crippen molar-refractivity contribution in [1.82, 2.24) is 20.9 Å². The predicted octanol–water partition coefficient (Wildman–Crippen LogP) is -2.03. The van der Waals surface area contributed by atoms with Crippen molar-refractivity contribution in [2.75, 3.05) is 6.54 Å². The molecular weight excluding hydrogens is 568 g/mol. The second-order valence-electron chi connectivity index (χ2n) is 9.67. The van der Waals surface area contributed by atoms with Gasteiger partial charge >= 0.3 is 17.9 Å². The van der Waals surface area contributed by atoms with Gasteiger partial charge in [0.05, 0.1) is 12.5 Å². The minimum absolute atomic E-state index is 0.0430. The van der Waals surface area contributed by atoms with E-state index in [0.717, 1.165) is 16.5 Å². The molecular formula is C26H36N8O9. The van der Waals surface area contributed by atoms with E-state index in [0.29, 0.717) is 0 Å². The maximum Gasteiger partial charge on any atom is 0.326 e. The highest BCUT2D eigenvalue weighted by Gasteiger charge is 2.31. The van der Waals surface area contributed by atoms with E-state index in [1.54, 1.807) is 6.20 Å². The first-order chi connectivity index (χ1) is 20.3. The highest BCUT2D eigenvalue weighted by atomic mass is 16.4. The first-order valence-electron chi connectivity index (χ1n) is 13.2. The highest BCUT2D eigenvalue weighted by molar-refractivity contribution is 5.96. The van der Waals surface area contributed by atoms with Crippen molar-refractivity contribution in [3.05, 3.63) is 36.0 Å². The monoisotopic (exact) mass is 604 g/mol. The van der Waals surface area contributed by atoms with Gasteiger partial charge in [0.2, 0.25) is 17.7 Å². The molecule has 3 amide bonds. The van der Waals surface area contributed by atoms with E-state index in [1.807, 2.05) is 24.3 Å². The summed E-state index contributed by atoms with van der Waals surface area (Å²) in [6, 6.07) is 1.51. The van der Waals surface area contributed by atoms with Crippen molar-refractivity contribution in [2.45, 2.75) is 62.7 Å². The number of para-hydroxylation sites is 1. The molecule has 0 bridgehead atoms. The lowest BCUT2D eigenvalue weighted by atomic mass is 10.0. The van der Waals surface area contributed by atoms with Crippen LogP contribution in [0.15, 0.2) is 35.5 Å². The van der Waals surface area contributed by atoms with Gasteiger partial charge in [-0.25, -0.2) is 4.79 Å². The van der Waals surface area contributed by atoms with E-state index in [-0.39, 0.29) is 31.8 Å². The molecule has 0 saturated carbocycles. The zero-order chi connectivity index (χ0) is 32.1. The molecule has 17 nitrogen and oxygen atoms in total. The number of H-pyrrole nitrogens is 1. The molecule has 1 heterocycles. The molecule has 2 aromatic rings. The van der Waals surface area contributed by atoms with Gasteiger partial charge in [-0.2, -0.15) is 0 Å². The molecule has 4 unspecified atom stereocenters. The summed E-state index contributed by atoms with van der Waals surface area (Å²) in [5.41, 5.74) is 18.2. The van der Waals surface area contributed by atoms with E-state index in [2.05, 4.69) is 25.9 Å². The third-order valence-corrected chi connectivity index (χ3v) is 6.30. The minimum atomic E-state index is -1.64. The van der Waals surface area contributed by atoms with E-state index in [1.165, 1.54) is 0 Å². The number of aromatic nitrogens is 1. The Morgan fingerprint density at radius 3 is 2.09 bits per heavy atom. The Morgan fingerprint density at radius 1 is 0.837 bits per heavy atom. The fourth-order valence-corrected chi connectivity index (χ4v) is 4.13. The third kappa shape index (κ3) is 11.3. The average molecular weight is 605 g/mol. The van der Waals surface area contributed by atoms with Crippen LogP contribution in [0.5, 0.6) is 0 Å². The number of nitrogens with one attached hydrogen (secondary N) is 4. The van der Waals surface area contributed by atoms with Crippen LogP contribution >= 0.6 is 0 Å². The number of carbonyl (C=O) groups excluding carboxylic acids is 3. The molecule has 4 atom stereocenters. The number of carbonyl (C=O) groups is 6. The molecule has 234 valence electrons. The van der Waals surface area contributed by atoms with Gasteiger partial charge in [-0.15, -0.1) is 0 Å². The van der Waals surface area contributed by atoms with Crippen LogP contribution in [0, 0.1) is 0 Å². The van der Waals surface area contributed by atoms with E-state index in [4.69, 9.17) is 22.3 Å². The summed E-state index contributed by atoms with van der Waals surface area (Å²) in [4.78, 5) is 79.8. The van der Waals surface area contributed by atoms with Crippen LogP contribution in [0.25, 0.3) is 10.9 Å². The number of nitrogens with two attached hydrogens (primary N) is 3. The molecule has 1 aromatic heterocycles. The first kappa shape index (κ1) is 34.0. The predicted molar refractivity (Wildman–Crippen MR) is 152 cm³/mol. The number of nitrogens with zero attached hydrogens (tertiary/aromatic N) is 1. The summed E-state index contributed by atoms with van der Waals surface area (Å²) >= 11 is 0. The number of rotatable bonds is 18. The molecule has 0 radical (unpaired) electrons. The van der Waals surface area contributed by atoms with Gasteiger partial charge in [0.15, 0.2) is 5.96 Å². The standard InChI is InChI=1S/C26H36N8O9/c27-15(10-13-12-31-16-5-2-1-4-14(13)16)22(39)34-19(11-21(37)38)24(41)32-17(6-3-9-30-26(28)29)23(40)33-18(25(42)43)7-8-20(35)36/h1-2,4-5,12,15,17-19,31H,3,6-11,27H2,(H,32,41)(H,33,40)(H,34,39)(H,35,36)(H,37,38)(H,42,43)(H4,28,29,30). The number of hydrogen-bond acceptors (Lipinski definition) is 8. The number of hydrogen-bond donors (Lipinski definition) is 10. The topological polar surface area (TPSA) is 305 Å². The molecule has 0 aliphatic rings. The average Bonchev–Trinajstić information content (AvgIpc) is 3.33. The SMILES string of the molecule is NC(N)=NCCCC(NC(=O)C(CC(=O)O)NC(=O)C(N)Cc1c[nH]c2ccccc12)C(=O)NC(CCC(=O)O)C(=O)O. The van der Waals surface area contributed by atoms with Crippen molar-refractivity contribution in [3.8, 4) is 0 Å². The Labute approximate surface area is 245 Å². The number of aliphatic imine (C=N–C) groups is 1. The third-order valence-electron chi connectivity index (χ3n) is 6.30. The van der Waals surface area contributed by atoms with E-state index in [9.17, 15) is 39.0 Å². The van der Waals surface area contributed by atoms with Gasteiger partial charge < -0.3 is 53.5 Å². The Bertz CT molecular complexity index is 1360. The lowest BCUT2D eigenvalue weighted by Gasteiger charge is -2.24. The maximum absolute atomic E-state index is 13.1. The van der Waals surface area contributed by atoms with Crippen LogP contribution < -0.4 is 33.2 Å². The summed E-state index contributed by atoms with van der Waals surface area (Å²) in [6.07, 6.45) is -0.0644. The van der Waals surface area contributed by atoms with Gasteiger partial charge in [-0.05, 0) is 37.3 Å². The van der Waals surface area contributed by atoms with Crippen LogP contribution in [0.2, 0.25) is 0 Å². The number of carboxylic acids is 3. The Hall–Kier alpha value is -5.19. The summed E-state index contributed by atoms with van der Waals surface area (Å²) in [7, 11) is 0. The number of benzene rings is 1. The second kappa shape index (κ2) is 16.3. The van der Waals surface area contributed by atoms with Gasteiger partial charge in [0, 0.05) is 30.1 Å². The Morgan fingerprint density at radius 2 is 1.47 bits per heavy atom. The van der Waals surface area contributed by atoms with Crippen LogP contribution in [0.3, 0.4) is 0 Å². The summed E-state index contributed by atoms with van der Waals surface area (Å²) < 4.78 is 0. The molecule has 43 heavy (non-hydrogen) atoms. The van der Waals surface area contributed by atoms with Crippen LogP contribution in [0.4, 0.5) is 0 Å². The molecule has 17 heteroatoms. The molecule has 2 rings (SSSR count). The van der Waals surface area contributed by atoms with E-state index < -0.39 is 79.1 Å². The van der Waals surface area contributed by atoms with Crippen molar-refractivity contribution in [1.29, 1.82) is 0 Å². The fourth-order valence-electron chi connectivity index (χ4n) is 4.13. The molecule has 0 spiro atoms. The fraction of sp³-hybridized carbons (Fsp3) is 0.423. The highest BCUT2D eigenvalue weighted by Crippen LogP contribution is 2.19. The van der Waals surface area contributed by atoms with Gasteiger partial charge in [-0.3, -0.25) is 29.0 Å². The Kier molecular flexibility index (Phi) is 12.9. The quantitative estimate of drug-likeness (QED) is 0.0500. The second-order valence-corrected chi connectivity index (χ2v) is 9.67. The lowest BCUT2D eigenvalue weighted by Crippen LogP contribution is -2.57. The largest absolute Gasteiger partial charge is 0.481 e. The van der Waals surface area contributed by atoms with Crippen molar-refractivity contribution >= 4 is 52.5 Å². The first-order valence-corrected chi connectivity index (χ1v) is 13.2. The molecule has 13 N–H and O–H groups in total. The number of carboxylic acid groups (broad SMARTS) is 3. The van der Waals surface area contributed by atoms with Crippen LogP contribution in [0.1, 0.15) is 37.7 Å². The van der Waals surface area contributed by atoms with Crippen molar-refractivity contribution in [3.63, 3.8) is 0 Å². The van der Waals surface area contributed by atoms with Crippen molar-refractivity contribution in [2.24, 2.45) is 22.2 Å². The minimum Gasteiger partial charge on any atom is -0.481 e. The zero-order valence-electron chi connectivity index (χ0n) is 23.1. The normalized spacial score (nSPS) is 13.6.